The minimum absolute atomic E-state index is 0.0378. The van der Waals surface area contributed by atoms with E-state index in [4.69, 9.17) is 14.2 Å². The van der Waals surface area contributed by atoms with Gasteiger partial charge in [0.25, 0.3) is 0 Å². The zero-order chi connectivity index (χ0) is 15.8. The molecule has 6 nitrogen and oxygen atoms in total. The predicted octanol–water partition coefficient (Wildman–Crippen LogP) is 1.77. The van der Waals surface area contributed by atoms with Crippen LogP contribution in [0.5, 0.6) is 0 Å². The number of carbonyl (C=O) groups excluding carboxylic acids is 3. The normalized spacial score (nSPS) is 10.6. The van der Waals surface area contributed by atoms with Crippen LogP contribution in [0.2, 0.25) is 0 Å². The lowest BCUT2D eigenvalue weighted by Gasteiger charge is -2.19. The van der Waals surface area contributed by atoms with Crippen molar-refractivity contribution in [2.24, 2.45) is 0 Å². The van der Waals surface area contributed by atoms with Crippen LogP contribution in [0.25, 0.3) is 0 Å². The van der Waals surface area contributed by atoms with Crippen LogP contribution in [0.3, 0.4) is 0 Å². The molecular formula is C14H22O6. The van der Waals surface area contributed by atoms with Gasteiger partial charge in [-0.15, -0.1) is 0 Å². The summed E-state index contributed by atoms with van der Waals surface area (Å²) in [6.45, 7) is 10.1. The van der Waals surface area contributed by atoms with E-state index in [0.29, 0.717) is 0 Å². The van der Waals surface area contributed by atoms with Crippen LogP contribution in [0, 0.1) is 0 Å². The number of hydrogen-bond acceptors (Lipinski definition) is 6. The highest BCUT2D eigenvalue weighted by Crippen LogP contribution is 2.09. The van der Waals surface area contributed by atoms with Gasteiger partial charge in [0.15, 0.2) is 0 Å². The van der Waals surface area contributed by atoms with Gasteiger partial charge in [-0.25, -0.2) is 4.79 Å². The molecule has 0 aromatic rings. The minimum atomic E-state index is -0.572. The topological polar surface area (TPSA) is 78.9 Å². The molecule has 0 radical (unpaired) electrons. The molecular weight excluding hydrogens is 264 g/mol. The minimum Gasteiger partial charge on any atom is -0.462 e. The first kappa shape index (κ1) is 18.1. The van der Waals surface area contributed by atoms with Crippen LogP contribution in [-0.4, -0.2) is 36.7 Å². The van der Waals surface area contributed by atoms with Crippen molar-refractivity contribution in [3.8, 4) is 0 Å². The molecule has 0 fully saturated rings. The molecule has 20 heavy (non-hydrogen) atoms. The van der Waals surface area contributed by atoms with E-state index in [0.717, 1.165) is 0 Å². The summed E-state index contributed by atoms with van der Waals surface area (Å²) < 4.78 is 14.6. The molecule has 0 saturated heterocycles. The van der Waals surface area contributed by atoms with Crippen LogP contribution in [0.1, 0.15) is 40.5 Å². The molecule has 0 saturated carbocycles. The molecule has 0 aliphatic heterocycles. The molecule has 0 aliphatic rings. The van der Waals surface area contributed by atoms with Crippen LogP contribution < -0.4 is 0 Å². The van der Waals surface area contributed by atoms with E-state index < -0.39 is 23.5 Å². The maximum Gasteiger partial charge on any atom is 0.333 e. The second-order valence-electron chi connectivity index (χ2n) is 5.22. The largest absolute Gasteiger partial charge is 0.462 e. The Hall–Kier alpha value is -1.85. The van der Waals surface area contributed by atoms with Crippen molar-refractivity contribution < 1.29 is 28.6 Å². The Morgan fingerprint density at radius 1 is 0.950 bits per heavy atom. The van der Waals surface area contributed by atoms with Gasteiger partial charge in [-0.3, -0.25) is 9.59 Å². The number of carbonyl (C=O) groups is 3. The Kier molecular flexibility index (Phi) is 7.57. The van der Waals surface area contributed by atoms with E-state index in [-0.39, 0.29) is 31.6 Å². The third kappa shape index (κ3) is 10.1. The Morgan fingerprint density at radius 3 is 1.95 bits per heavy atom. The lowest BCUT2D eigenvalue weighted by atomic mass is 10.2. The molecule has 114 valence electrons. The summed E-state index contributed by atoms with van der Waals surface area (Å²) >= 11 is 0. The van der Waals surface area contributed by atoms with Gasteiger partial charge in [0.1, 0.15) is 18.8 Å². The lowest BCUT2D eigenvalue weighted by Crippen LogP contribution is -2.24. The van der Waals surface area contributed by atoms with Gasteiger partial charge < -0.3 is 14.2 Å². The molecule has 0 bridgehead atoms. The summed E-state index contributed by atoms with van der Waals surface area (Å²) in [5.41, 5.74) is -0.293. The first-order valence-electron chi connectivity index (χ1n) is 6.32. The summed E-state index contributed by atoms with van der Waals surface area (Å²) in [4.78, 5) is 33.7. The van der Waals surface area contributed by atoms with Crippen molar-refractivity contribution in [1.82, 2.24) is 0 Å². The van der Waals surface area contributed by atoms with Crippen molar-refractivity contribution in [3.05, 3.63) is 12.2 Å². The summed E-state index contributed by atoms with van der Waals surface area (Å²) in [6.07, 6.45) is -0.106. The quantitative estimate of drug-likeness (QED) is 0.307. The lowest BCUT2D eigenvalue weighted by molar-refractivity contribution is -0.158. The molecule has 0 N–H and O–H groups in total. The monoisotopic (exact) mass is 286 g/mol. The highest BCUT2D eigenvalue weighted by atomic mass is 16.6. The molecule has 0 spiro atoms. The Labute approximate surface area is 119 Å². The Bertz CT molecular complexity index is 378. The fourth-order valence-electron chi connectivity index (χ4n) is 1.08. The molecule has 0 heterocycles. The molecule has 0 rings (SSSR count). The van der Waals surface area contributed by atoms with E-state index in [2.05, 4.69) is 6.58 Å². The summed E-state index contributed by atoms with van der Waals surface area (Å²) in [6, 6.07) is 0. The molecule has 0 aromatic heterocycles. The van der Waals surface area contributed by atoms with Gasteiger partial charge >= 0.3 is 17.9 Å². The van der Waals surface area contributed by atoms with Crippen molar-refractivity contribution >= 4 is 17.9 Å². The third-order valence-electron chi connectivity index (χ3n) is 1.88. The first-order valence-corrected chi connectivity index (χ1v) is 6.32. The predicted molar refractivity (Wildman–Crippen MR) is 71.8 cm³/mol. The van der Waals surface area contributed by atoms with Crippen LogP contribution >= 0.6 is 0 Å². The summed E-state index contributed by atoms with van der Waals surface area (Å²) in [7, 11) is 0. The smallest absolute Gasteiger partial charge is 0.333 e. The highest BCUT2D eigenvalue weighted by Gasteiger charge is 2.17. The molecule has 0 atom stereocenters. The molecule has 0 amide bonds. The molecule has 0 unspecified atom stereocenters. The van der Waals surface area contributed by atoms with E-state index >= 15 is 0 Å². The van der Waals surface area contributed by atoms with Gasteiger partial charge in [-0.2, -0.15) is 0 Å². The Balaban J connectivity index is 3.72. The number of esters is 3. The fraction of sp³-hybridized carbons (Fsp3) is 0.643. The fourth-order valence-corrected chi connectivity index (χ4v) is 1.08. The van der Waals surface area contributed by atoms with Gasteiger partial charge in [0, 0.05) is 5.57 Å². The van der Waals surface area contributed by atoms with Crippen molar-refractivity contribution in [3.63, 3.8) is 0 Å². The molecule has 0 aliphatic carbocycles. The SMILES string of the molecule is C=C(C)C(=O)OCCOC(=O)CCC(=O)OC(C)(C)C. The average molecular weight is 286 g/mol. The van der Waals surface area contributed by atoms with E-state index in [1.165, 1.54) is 6.92 Å². The average Bonchev–Trinajstić information content (AvgIpc) is 2.29. The number of rotatable bonds is 7. The van der Waals surface area contributed by atoms with Crippen LogP contribution in [-0.2, 0) is 28.6 Å². The zero-order valence-corrected chi connectivity index (χ0v) is 12.5. The van der Waals surface area contributed by atoms with Crippen LogP contribution in [0.4, 0.5) is 0 Å². The highest BCUT2D eigenvalue weighted by molar-refractivity contribution is 5.86. The second-order valence-corrected chi connectivity index (χ2v) is 5.22. The van der Waals surface area contributed by atoms with E-state index in [9.17, 15) is 14.4 Å². The maximum absolute atomic E-state index is 11.3. The standard InChI is InChI=1S/C14H22O6/c1-10(2)13(17)19-9-8-18-11(15)6-7-12(16)20-14(3,4)5/h1,6-9H2,2-5H3. The molecule has 6 heteroatoms. The Morgan fingerprint density at radius 2 is 1.45 bits per heavy atom. The van der Waals surface area contributed by atoms with Crippen molar-refractivity contribution in [1.29, 1.82) is 0 Å². The van der Waals surface area contributed by atoms with E-state index in [1.807, 2.05) is 0 Å². The first-order chi connectivity index (χ1) is 9.11. The maximum atomic E-state index is 11.3. The molecule has 0 aromatic carbocycles. The number of ether oxygens (including phenoxy) is 3. The number of hydrogen-bond donors (Lipinski definition) is 0. The van der Waals surface area contributed by atoms with Crippen molar-refractivity contribution in [2.75, 3.05) is 13.2 Å². The van der Waals surface area contributed by atoms with Gasteiger partial charge in [0.05, 0.1) is 12.8 Å². The zero-order valence-electron chi connectivity index (χ0n) is 12.5. The van der Waals surface area contributed by atoms with Crippen LogP contribution in [0.15, 0.2) is 12.2 Å². The second kappa shape index (κ2) is 8.35. The van der Waals surface area contributed by atoms with Crippen molar-refractivity contribution in [2.45, 2.75) is 46.1 Å². The third-order valence-corrected chi connectivity index (χ3v) is 1.88. The summed E-state index contributed by atoms with van der Waals surface area (Å²) in [5.74, 6) is -1.53. The van der Waals surface area contributed by atoms with Gasteiger partial charge in [-0.1, -0.05) is 6.58 Å². The summed E-state index contributed by atoms with van der Waals surface area (Å²) in [5, 5.41) is 0. The van der Waals surface area contributed by atoms with E-state index in [1.54, 1.807) is 20.8 Å². The van der Waals surface area contributed by atoms with Gasteiger partial charge in [0.2, 0.25) is 0 Å². The van der Waals surface area contributed by atoms with Gasteiger partial charge in [-0.05, 0) is 27.7 Å².